The van der Waals surface area contributed by atoms with Gasteiger partial charge in [-0.2, -0.15) is 0 Å². The van der Waals surface area contributed by atoms with Gasteiger partial charge in [0.15, 0.2) is 9.79 Å². The molecule has 0 saturated carbocycles. The zero-order chi connectivity index (χ0) is 37.9. The van der Waals surface area contributed by atoms with Crippen LogP contribution in [0, 0.1) is 20.2 Å². The molecule has 4 aromatic rings. The van der Waals surface area contributed by atoms with Crippen molar-refractivity contribution in [3.63, 3.8) is 0 Å². The van der Waals surface area contributed by atoms with E-state index in [2.05, 4.69) is 10.6 Å². The van der Waals surface area contributed by atoms with Crippen molar-refractivity contribution in [3.8, 4) is 0 Å². The molecule has 278 valence electrons. The van der Waals surface area contributed by atoms with Gasteiger partial charge < -0.3 is 33.3 Å². The van der Waals surface area contributed by atoms with Crippen LogP contribution in [0.5, 0.6) is 0 Å². The minimum Gasteiger partial charge on any atom is -0.606 e. The summed E-state index contributed by atoms with van der Waals surface area (Å²) in [6.45, 7) is 7.83. The van der Waals surface area contributed by atoms with Crippen LogP contribution < -0.4 is 10.6 Å². The third-order valence-electron chi connectivity index (χ3n) is 7.28. The SMILES string of the molecule is CCOP(=O)(Cc1ccc(Nc2ccc([S+]([O-])c3ccc(Nc4ccc(CP(=O)(OCC)OCC)cc4)c([N+](=O)[O-])c3)cc2[N+](=O)[O-])cc1)OCC. The topological polar surface area (TPSA) is 204 Å². The molecule has 4 aromatic carbocycles. The molecule has 0 radical (unpaired) electrons. The fraction of sp³-hybridized carbons (Fsp3) is 0.294. The van der Waals surface area contributed by atoms with Crippen LogP contribution in [0.1, 0.15) is 38.8 Å². The first-order valence-electron chi connectivity index (χ1n) is 16.3. The third kappa shape index (κ3) is 11.0. The number of nitrogens with one attached hydrogen (secondary N) is 2. The van der Waals surface area contributed by atoms with Crippen LogP contribution in [-0.2, 0) is 50.7 Å². The number of nitro benzene ring substituents is 2. The predicted molar refractivity (Wildman–Crippen MR) is 199 cm³/mol. The van der Waals surface area contributed by atoms with Crippen LogP contribution in [0.15, 0.2) is 94.7 Å². The van der Waals surface area contributed by atoms with Crippen LogP contribution >= 0.6 is 15.2 Å². The second-order valence-electron chi connectivity index (χ2n) is 11.0. The highest BCUT2D eigenvalue weighted by Gasteiger charge is 2.27. The van der Waals surface area contributed by atoms with Gasteiger partial charge in [0, 0.05) is 22.6 Å². The molecular weight excluding hydrogens is 734 g/mol. The zero-order valence-corrected chi connectivity index (χ0v) is 31.6. The second-order valence-corrected chi connectivity index (χ2v) is 16.6. The number of nitro groups is 2. The van der Waals surface area contributed by atoms with E-state index < -0.39 is 36.2 Å². The summed E-state index contributed by atoms with van der Waals surface area (Å²) in [4.78, 5) is 23.0. The number of nitrogens with zero attached hydrogens (tertiary/aromatic N) is 2. The molecule has 0 aromatic heterocycles. The summed E-state index contributed by atoms with van der Waals surface area (Å²) in [5.41, 5.74) is 1.93. The normalized spacial score (nSPS) is 11.8. The molecule has 0 aliphatic carbocycles. The van der Waals surface area contributed by atoms with Gasteiger partial charge in [-0.05, 0) is 87.4 Å². The van der Waals surface area contributed by atoms with Gasteiger partial charge >= 0.3 is 15.2 Å². The van der Waals surface area contributed by atoms with Crippen LogP contribution in [0.3, 0.4) is 0 Å². The molecular formula is C34H40N4O11P2S. The first-order chi connectivity index (χ1) is 24.8. The van der Waals surface area contributed by atoms with Crippen molar-refractivity contribution in [1.29, 1.82) is 0 Å². The van der Waals surface area contributed by atoms with Gasteiger partial charge in [-0.1, -0.05) is 24.3 Å². The molecule has 15 nitrogen and oxygen atoms in total. The molecule has 0 unspecified atom stereocenters. The number of hydrogen-bond acceptors (Lipinski definition) is 13. The highest BCUT2D eigenvalue weighted by molar-refractivity contribution is 7.91. The molecule has 0 spiro atoms. The van der Waals surface area contributed by atoms with Gasteiger partial charge in [-0.3, -0.25) is 29.4 Å². The van der Waals surface area contributed by atoms with Gasteiger partial charge in [0.2, 0.25) is 0 Å². The summed E-state index contributed by atoms with van der Waals surface area (Å²) in [5, 5.41) is 30.1. The smallest absolute Gasteiger partial charge is 0.335 e. The molecule has 2 N–H and O–H groups in total. The van der Waals surface area contributed by atoms with Crippen molar-refractivity contribution in [1.82, 2.24) is 0 Å². The maximum atomic E-state index is 13.6. The minimum absolute atomic E-state index is 0.0631. The van der Waals surface area contributed by atoms with Gasteiger partial charge in [-0.25, -0.2) is 0 Å². The maximum absolute atomic E-state index is 13.6. The average molecular weight is 775 g/mol. The van der Waals surface area contributed by atoms with Crippen molar-refractivity contribution in [3.05, 3.63) is 116 Å². The summed E-state index contributed by atoms with van der Waals surface area (Å²) >= 11 is -2.01. The third-order valence-corrected chi connectivity index (χ3v) is 12.8. The molecule has 0 fully saturated rings. The highest BCUT2D eigenvalue weighted by Crippen LogP contribution is 2.52. The first-order valence-corrected chi connectivity index (χ1v) is 20.9. The van der Waals surface area contributed by atoms with E-state index in [4.69, 9.17) is 18.1 Å². The molecule has 0 atom stereocenters. The van der Waals surface area contributed by atoms with Crippen LogP contribution in [-0.4, -0.2) is 40.8 Å². The maximum Gasteiger partial charge on any atom is 0.335 e. The molecule has 18 heteroatoms. The van der Waals surface area contributed by atoms with E-state index >= 15 is 0 Å². The Balaban J connectivity index is 1.50. The lowest BCUT2D eigenvalue weighted by Crippen LogP contribution is -2.06. The summed E-state index contributed by atoms with van der Waals surface area (Å²) in [7, 11) is -6.64. The summed E-state index contributed by atoms with van der Waals surface area (Å²) in [6.07, 6.45) is 0.126. The molecule has 0 aliphatic rings. The molecule has 0 saturated heterocycles. The fourth-order valence-corrected chi connectivity index (χ4v) is 9.59. The lowest BCUT2D eigenvalue weighted by atomic mass is 10.2. The van der Waals surface area contributed by atoms with Gasteiger partial charge in [0.05, 0.1) is 60.7 Å². The largest absolute Gasteiger partial charge is 0.606 e. The van der Waals surface area contributed by atoms with Crippen molar-refractivity contribution in [2.45, 2.75) is 49.8 Å². The van der Waals surface area contributed by atoms with Crippen LogP contribution in [0.2, 0.25) is 0 Å². The summed E-state index contributed by atoms with van der Waals surface area (Å²) in [6, 6.07) is 21.5. The summed E-state index contributed by atoms with van der Waals surface area (Å²) < 4.78 is 60.7. The molecule has 0 amide bonds. The van der Waals surface area contributed by atoms with E-state index in [9.17, 15) is 33.9 Å². The van der Waals surface area contributed by atoms with E-state index in [1.165, 1.54) is 24.3 Å². The molecule has 4 rings (SSSR count). The second kappa shape index (κ2) is 18.6. The lowest BCUT2D eigenvalue weighted by Gasteiger charge is -2.17. The minimum atomic E-state index is -3.32. The van der Waals surface area contributed by atoms with E-state index in [0.29, 0.717) is 22.5 Å². The van der Waals surface area contributed by atoms with E-state index in [0.717, 1.165) is 12.1 Å². The highest BCUT2D eigenvalue weighted by atomic mass is 32.2. The van der Waals surface area contributed by atoms with Crippen molar-refractivity contribution in [2.24, 2.45) is 0 Å². The Morgan fingerprint density at radius 3 is 1.19 bits per heavy atom. The standard InChI is InChI=1S/C34H40N4O11P2S/c1-5-46-50(43,47-6-2)23-25-9-13-27(14-10-25)35-31-19-17-29(21-33(31)37(39)40)52(45)30-18-20-32(34(22-30)38(41)42)36-28-15-11-26(12-16-28)24-51(44,48-7-3)49-8-4/h9-22,35-36H,5-8,23-24H2,1-4H3. The predicted octanol–water partition coefficient (Wildman–Crippen LogP) is 9.69. The number of hydrogen-bond donors (Lipinski definition) is 2. The van der Waals surface area contributed by atoms with E-state index in [1.54, 1.807) is 76.2 Å². The molecule has 0 aliphatic heterocycles. The Morgan fingerprint density at radius 1 is 0.577 bits per heavy atom. The number of rotatable bonds is 20. The monoisotopic (exact) mass is 774 g/mol. The quantitative estimate of drug-likeness (QED) is 0.0372. The van der Waals surface area contributed by atoms with Crippen molar-refractivity contribution < 1.29 is 41.6 Å². The van der Waals surface area contributed by atoms with Crippen molar-refractivity contribution in [2.75, 3.05) is 37.1 Å². The zero-order valence-electron chi connectivity index (χ0n) is 29.0. The van der Waals surface area contributed by atoms with Gasteiger partial charge in [0.25, 0.3) is 11.4 Å². The van der Waals surface area contributed by atoms with Crippen LogP contribution in [0.25, 0.3) is 0 Å². The van der Waals surface area contributed by atoms with Crippen LogP contribution in [0.4, 0.5) is 34.1 Å². The van der Waals surface area contributed by atoms with Gasteiger partial charge in [-0.15, -0.1) is 0 Å². The van der Waals surface area contributed by atoms with Crippen molar-refractivity contribution >= 4 is 60.5 Å². The Morgan fingerprint density at radius 2 is 0.904 bits per heavy atom. The van der Waals surface area contributed by atoms with E-state index in [-0.39, 0.29) is 71.3 Å². The van der Waals surface area contributed by atoms with Gasteiger partial charge in [0.1, 0.15) is 11.4 Å². The molecule has 52 heavy (non-hydrogen) atoms. The lowest BCUT2D eigenvalue weighted by molar-refractivity contribution is -0.384. The Labute approximate surface area is 304 Å². The Bertz CT molecular complexity index is 1790. The molecule has 0 heterocycles. The summed E-state index contributed by atoms with van der Waals surface area (Å²) in [5.74, 6) is 0. The Kier molecular flexibility index (Phi) is 14.5. The molecule has 0 bridgehead atoms. The van der Waals surface area contributed by atoms with E-state index in [1.807, 2.05) is 0 Å². The Hall–Kier alpha value is -4.11. The number of benzene rings is 4. The average Bonchev–Trinajstić information content (AvgIpc) is 3.10. The first kappa shape index (κ1) is 40.7. The fourth-order valence-electron chi connectivity index (χ4n) is 5.09. The number of anilines is 4.